The molecule has 1 fully saturated rings. The summed E-state index contributed by atoms with van der Waals surface area (Å²) in [6.45, 7) is 8.17. The van der Waals surface area contributed by atoms with E-state index in [1.54, 1.807) is 11.0 Å². The number of benzene rings is 2. The number of thioether (sulfide) groups is 1. The van der Waals surface area contributed by atoms with Crippen molar-refractivity contribution in [1.82, 2.24) is 4.90 Å². The molecule has 0 bridgehead atoms. The van der Waals surface area contributed by atoms with Crippen molar-refractivity contribution < 1.29 is 13.9 Å². The molecule has 1 heterocycles. The molecule has 0 N–H and O–H groups in total. The number of aliphatic imine (C=N–C) groups is 1. The van der Waals surface area contributed by atoms with Crippen LogP contribution in [0.5, 0.6) is 5.75 Å². The van der Waals surface area contributed by atoms with Crippen molar-refractivity contribution in [3.8, 4) is 5.75 Å². The van der Waals surface area contributed by atoms with Gasteiger partial charge >= 0.3 is 0 Å². The summed E-state index contributed by atoms with van der Waals surface area (Å²) in [4.78, 5) is 19.9. The fourth-order valence-corrected chi connectivity index (χ4v) is 4.55. The van der Waals surface area contributed by atoms with Gasteiger partial charge in [0.05, 0.1) is 4.91 Å². The third-order valence-corrected chi connectivity index (χ3v) is 5.75. The summed E-state index contributed by atoms with van der Waals surface area (Å²) >= 11 is 4.86. The lowest BCUT2D eigenvalue weighted by molar-refractivity contribution is -0.123. The van der Waals surface area contributed by atoms with E-state index in [-0.39, 0.29) is 30.4 Å². The third-order valence-electron chi connectivity index (χ3n) is 4.26. The van der Waals surface area contributed by atoms with Crippen LogP contribution >= 0.6 is 27.7 Å². The summed E-state index contributed by atoms with van der Waals surface area (Å²) in [6.07, 6.45) is 1.83. The molecule has 0 aliphatic carbocycles. The van der Waals surface area contributed by atoms with E-state index in [0.717, 1.165) is 15.6 Å². The largest absolute Gasteiger partial charge is 0.488 e. The zero-order chi connectivity index (χ0) is 21.8. The van der Waals surface area contributed by atoms with Gasteiger partial charge in [-0.2, -0.15) is 0 Å². The van der Waals surface area contributed by atoms with Gasteiger partial charge in [0.1, 0.15) is 18.2 Å². The number of hydrogen-bond donors (Lipinski definition) is 0. The quantitative estimate of drug-likeness (QED) is 0.448. The van der Waals surface area contributed by atoms with Crippen molar-refractivity contribution in [1.29, 1.82) is 0 Å². The van der Waals surface area contributed by atoms with Crippen molar-refractivity contribution in [3.63, 3.8) is 0 Å². The number of halogens is 2. The number of carbonyl (C=O) groups is 1. The van der Waals surface area contributed by atoms with Crippen LogP contribution in [0.2, 0.25) is 0 Å². The van der Waals surface area contributed by atoms with E-state index in [2.05, 4.69) is 20.9 Å². The van der Waals surface area contributed by atoms with Crippen molar-refractivity contribution in [2.45, 2.75) is 46.4 Å². The number of carbonyl (C=O) groups excluding carboxylic acids is 1. The number of amides is 1. The molecule has 1 saturated heterocycles. The zero-order valence-electron chi connectivity index (χ0n) is 17.4. The highest BCUT2D eigenvalue weighted by Gasteiger charge is 2.35. The molecule has 0 unspecified atom stereocenters. The Morgan fingerprint density at radius 3 is 2.63 bits per heavy atom. The van der Waals surface area contributed by atoms with E-state index in [9.17, 15) is 9.18 Å². The van der Waals surface area contributed by atoms with Gasteiger partial charge in [-0.05, 0) is 81.4 Å². The van der Waals surface area contributed by atoms with Crippen molar-refractivity contribution >= 4 is 44.8 Å². The van der Waals surface area contributed by atoms with Crippen LogP contribution in [-0.4, -0.2) is 28.1 Å². The zero-order valence-corrected chi connectivity index (χ0v) is 19.8. The molecule has 30 heavy (non-hydrogen) atoms. The van der Waals surface area contributed by atoms with Gasteiger partial charge in [0.15, 0.2) is 5.17 Å². The number of rotatable bonds is 6. The number of ether oxygens (including phenoxy) is 1. The molecular weight excluding hydrogens is 467 g/mol. The first-order chi connectivity index (χ1) is 14.2. The number of nitrogens with zero attached hydrogens (tertiary/aromatic N) is 2. The van der Waals surface area contributed by atoms with Crippen molar-refractivity contribution in [2.24, 2.45) is 4.99 Å². The van der Waals surface area contributed by atoms with Crippen LogP contribution in [-0.2, 0) is 11.4 Å². The first-order valence-electron chi connectivity index (χ1n) is 9.72. The molecule has 0 aromatic heterocycles. The first-order valence-corrected chi connectivity index (χ1v) is 11.3. The number of hydrogen-bond acceptors (Lipinski definition) is 4. The fraction of sp³-hybridized carbons (Fsp3) is 0.304. The Bertz CT molecular complexity index is 1000. The highest BCUT2D eigenvalue weighted by molar-refractivity contribution is 9.10. The Labute approximate surface area is 189 Å². The van der Waals surface area contributed by atoms with Crippen LogP contribution in [0.1, 0.15) is 38.8 Å². The second kappa shape index (κ2) is 9.79. The number of amidine groups is 1. The van der Waals surface area contributed by atoms with Gasteiger partial charge in [0.2, 0.25) is 0 Å². The van der Waals surface area contributed by atoms with Crippen LogP contribution in [0, 0.1) is 5.82 Å². The third kappa shape index (κ3) is 5.52. The highest BCUT2D eigenvalue weighted by atomic mass is 79.9. The molecule has 1 amide bonds. The van der Waals surface area contributed by atoms with E-state index in [1.165, 1.54) is 23.9 Å². The minimum absolute atomic E-state index is 0.0135. The minimum atomic E-state index is -0.298. The van der Waals surface area contributed by atoms with Crippen LogP contribution in [0.15, 0.2) is 56.8 Å². The lowest BCUT2D eigenvalue weighted by Crippen LogP contribution is -2.35. The Hall–Kier alpha value is -2.12. The maximum absolute atomic E-state index is 13.4. The summed E-state index contributed by atoms with van der Waals surface area (Å²) < 4.78 is 20.3. The molecule has 1 aliphatic rings. The molecule has 2 aromatic rings. The normalized spacial score (nSPS) is 17.1. The van der Waals surface area contributed by atoms with Gasteiger partial charge in [-0.15, -0.1) is 0 Å². The maximum Gasteiger partial charge on any atom is 0.266 e. The average molecular weight is 491 g/mol. The lowest BCUT2D eigenvalue weighted by Gasteiger charge is -2.20. The van der Waals surface area contributed by atoms with Crippen LogP contribution in [0.25, 0.3) is 6.08 Å². The highest BCUT2D eigenvalue weighted by Crippen LogP contribution is 2.36. The molecule has 0 atom stereocenters. The van der Waals surface area contributed by atoms with Crippen LogP contribution in [0.4, 0.5) is 4.39 Å². The molecule has 0 saturated carbocycles. The van der Waals surface area contributed by atoms with E-state index < -0.39 is 0 Å². The molecule has 158 valence electrons. The summed E-state index contributed by atoms with van der Waals surface area (Å²) in [5.41, 5.74) is 1.51. The fourth-order valence-electron chi connectivity index (χ4n) is 2.95. The van der Waals surface area contributed by atoms with Crippen LogP contribution in [0.3, 0.4) is 0 Å². The van der Waals surface area contributed by atoms with E-state index in [1.807, 2.05) is 58.0 Å². The maximum atomic E-state index is 13.4. The van der Waals surface area contributed by atoms with Gasteiger partial charge in [0.25, 0.3) is 5.91 Å². The SMILES string of the molecule is CC(C)N=C1S/C(=C/c2cc(Br)ccc2OCc2cccc(F)c2)C(=O)N1C(C)C. The van der Waals surface area contributed by atoms with E-state index in [0.29, 0.717) is 15.8 Å². The Kier molecular flexibility index (Phi) is 7.36. The summed E-state index contributed by atoms with van der Waals surface area (Å²) in [5.74, 6) is 0.257. The second-order valence-corrected chi connectivity index (χ2v) is 9.41. The predicted octanol–water partition coefficient (Wildman–Crippen LogP) is 6.26. The van der Waals surface area contributed by atoms with E-state index >= 15 is 0 Å². The minimum Gasteiger partial charge on any atom is -0.488 e. The van der Waals surface area contributed by atoms with Gasteiger partial charge in [0, 0.05) is 22.1 Å². The molecule has 1 aliphatic heterocycles. The average Bonchev–Trinajstić information content (AvgIpc) is 2.95. The van der Waals surface area contributed by atoms with Gasteiger partial charge in [-0.1, -0.05) is 28.1 Å². The van der Waals surface area contributed by atoms with Crippen molar-refractivity contribution in [3.05, 3.63) is 68.8 Å². The Balaban J connectivity index is 1.90. The predicted molar refractivity (Wildman–Crippen MR) is 125 cm³/mol. The summed E-state index contributed by atoms with van der Waals surface area (Å²) in [6, 6.07) is 12.0. The van der Waals surface area contributed by atoms with Crippen LogP contribution < -0.4 is 4.74 Å². The smallest absolute Gasteiger partial charge is 0.266 e. The second-order valence-electron chi connectivity index (χ2n) is 7.49. The summed E-state index contributed by atoms with van der Waals surface area (Å²) in [7, 11) is 0. The molecule has 4 nitrogen and oxygen atoms in total. The molecular formula is C23H24BrFN2O2S. The Morgan fingerprint density at radius 2 is 1.97 bits per heavy atom. The molecule has 3 rings (SSSR count). The standard InChI is InChI=1S/C23H24BrFN2O2S/c1-14(2)26-23-27(15(3)4)22(28)21(30-23)12-17-11-18(24)8-9-20(17)29-13-16-6-5-7-19(25)10-16/h5-12,14-15H,13H2,1-4H3/b21-12+,26-23?. The van der Waals surface area contributed by atoms with Gasteiger partial charge in [-0.3, -0.25) is 14.7 Å². The molecule has 7 heteroatoms. The van der Waals surface area contributed by atoms with Gasteiger partial charge in [-0.25, -0.2) is 4.39 Å². The van der Waals surface area contributed by atoms with E-state index in [4.69, 9.17) is 4.74 Å². The first kappa shape index (κ1) is 22.6. The molecule has 0 radical (unpaired) electrons. The monoisotopic (exact) mass is 490 g/mol. The topological polar surface area (TPSA) is 41.9 Å². The van der Waals surface area contributed by atoms with Crippen molar-refractivity contribution in [2.75, 3.05) is 0 Å². The summed E-state index contributed by atoms with van der Waals surface area (Å²) in [5, 5.41) is 0.716. The van der Waals surface area contributed by atoms with Gasteiger partial charge < -0.3 is 4.74 Å². The lowest BCUT2D eigenvalue weighted by atomic mass is 10.1. The molecule has 0 spiro atoms. The molecule has 2 aromatic carbocycles. The Morgan fingerprint density at radius 1 is 1.20 bits per heavy atom.